The summed E-state index contributed by atoms with van der Waals surface area (Å²) in [5.74, 6) is -0.264. The van der Waals surface area contributed by atoms with Crippen molar-refractivity contribution < 1.29 is 9.18 Å². The summed E-state index contributed by atoms with van der Waals surface area (Å²) >= 11 is 0. The second-order valence-corrected chi connectivity index (χ2v) is 3.94. The molecule has 0 bridgehead atoms. The third-order valence-corrected chi connectivity index (χ3v) is 2.60. The van der Waals surface area contributed by atoms with Crippen molar-refractivity contribution in [3.63, 3.8) is 0 Å². The lowest BCUT2D eigenvalue weighted by Gasteiger charge is -2.19. The quantitative estimate of drug-likeness (QED) is 0.854. The molecule has 0 aromatic heterocycles. The van der Waals surface area contributed by atoms with Crippen molar-refractivity contribution in [1.29, 1.82) is 0 Å². The minimum Gasteiger partial charge on any atom is -0.376 e. The summed E-state index contributed by atoms with van der Waals surface area (Å²) < 4.78 is 13.1. The molecule has 0 radical (unpaired) electrons. The number of benzene rings is 1. The van der Waals surface area contributed by atoms with E-state index in [0.717, 1.165) is 5.56 Å². The van der Waals surface area contributed by atoms with Gasteiger partial charge in [0.15, 0.2) is 0 Å². The number of carbonyl (C=O) groups is 1. The molecule has 0 unspecified atom stereocenters. The highest BCUT2D eigenvalue weighted by atomic mass is 19.1. The Bertz CT molecular complexity index is 369. The van der Waals surface area contributed by atoms with Crippen molar-refractivity contribution in [3.8, 4) is 0 Å². The second-order valence-electron chi connectivity index (χ2n) is 3.94. The lowest BCUT2D eigenvalue weighted by atomic mass is 10.2. The lowest BCUT2D eigenvalue weighted by molar-refractivity contribution is -0.128. The number of nitrogens with one attached hydrogen (secondary N) is 1. The minimum atomic E-state index is -0.289. The molecule has 17 heavy (non-hydrogen) atoms. The van der Waals surface area contributed by atoms with Gasteiger partial charge in [0.05, 0.1) is 6.54 Å². The van der Waals surface area contributed by atoms with Crippen molar-refractivity contribution in [1.82, 2.24) is 4.90 Å². The van der Waals surface area contributed by atoms with Crippen LogP contribution in [0.1, 0.15) is 19.4 Å². The molecule has 0 spiro atoms. The van der Waals surface area contributed by atoms with Crippen LogP contribution >= 0.6 is 0 Å². The Kier molecular flexibility index (Phi) is 4.94. The number of aryl methyl sites for hydroxylation is 1. The van der Waals surface area contributed by atoms with Gasteiger partial charge in [0.1, 0.15) is 5.82 Å². The maximum atomic E-state index is 13.1. The molecule has 1 rings (SSSR count). The number of hydrogen-bond donors (Lipinski definition) is 1. The summed E-state index contributed by atoms with van der Waals surface area (Å²) in [5.41, 5.74) is 1.48. The SMILES string of the molecule is CCN(CC)C(=O)CNc1cc(C)cc(F)c1. The average Bonchev–Trinajstić information content (AvgIpc) is 2.27. The van der Waals surface area contributed by atoms with Crippen LogP contribution < -0.4 is 5.32 Å². The Hall–Kier alpha value is -1.58. The molecule has 0 aliphatic carbocycles. The first-order valence-electron chi connectivity index (χ1n) is 5.85. The minimum absolute atomic E-state index is 0.0249. The van der Waals surface area contributed by atoms with Gasteiger partial charge in [-0.3, -0.25) is 4.79 Å². The van der Waals surface area contributed by atoms with Crippen LogP contribution in [0.2, 0.25) is 0 Å². The van der Waals surface area contributed by atoms with E-state index in [-0.39, 0.29) is 18.3 Å². The maximum Gasteiger partial charge on any atom is 0.241 e. The van der Waals surface area contributed by atoms with E-state index in [1.54, 1.807) is 4.90 Å². The molecule has 1 amide bonds. The molecule has 1 N–H and O–H groups in total. The van der Waals surface area contributed by atoms with Crippen LogP contribution in [0, 0.1) is 12.7 Å². The predicted molar refractivity (Wildman–Crippen MR) is 67.6 cm³/mol. The predicted octanol–water partition coefficient (Wildman–Crippen LogP) is 2.41. The average molecular weight is 238 g/mol. The second kappa shape index (κ2) is 6.23. The molecule has 0 aliphatic rings. The van der Waals surface area contributed by atoms with E-state index in [2.05, 4.69) is 5.32 Å². The fourth-order valence-corrected chi connectivity index (χ4v) is 1.70. The summed E-state index contributed by atoms with van der Waals surface area (Å²) in [6.07, 6.45) is 0. The zero-order chi connectivity index (χ0) is 12.8. The Labute approximate surface area is 102 Å². The summed E-state index contributed by atoms with van der Waals surface area (Å²) in [6, 6.07) is 4.67. The zero-order valence-corrected chi connectivity index (χ0v) is 10.6. The van der Waals surface area contributed by atoms with Gasteiger partial charge < -0.3 is 10.2 Å². The van der Waals surface area contributed by atoms with E-state index in [1.807, 2.05) is 26.8 Å². The number of amides is 1. The fraction of sp³-hybridized carbons (Fsp3) is 0.462. The first-order chi connectivity index (χ1) is 8.06. The molecule has 1 aromatic carbocycles. The molecule has 0 atom stereocenters. The van der Waals surface area contributed by atoms with Crippen molar-refractivity contribution in [3.05, 3.63) is 29.6 Å². The molecular weight excluding hydrogens is 219 g/mol. The number of anilines is 1. The topological polar surface area (TPSA) is 32.3 Å². The van der Waals surface area contributed by atoms with Gasteiger partial charge in [0.2, 0.25) is 5.91 Å². The molecule has 0 fully saturated rings. The molecule has 0 saturated carbocycles. The Morgan fingerprint density at radius 2 is 1.94 bits per heavy atom. The van der Waals surface area contributed by atoms with Crippen molar-refractivity contribution in [2.45, 2.75) is 20.8 Å². The molecule has 0 aliphatic heterocycles. The molecule has 0 heterocycles. The van der Waals surface area contributed by atoms with E-state index in [9.17, 15) is 9.18 Å². The van der Waals surface area contributed by atoms with Gasteiger partial charge in [-0.25, -0.2) is 4.39 Å². The Morgan fingerprint density at radius 3 is 2.47 bits per heavy atom. The number of carbonyl (C=O) groups excluding carboxylic acids is 1. The summed E-state index contributed by atoms with van der Waals surface area (Å²) in [4.78, 5) is 13.5. The maximum absolute atomic E-state index is 13.1. The van der Waals surface area contributed by atoms with Gasteiger partial charge in [0, 0.05) is 18.8 Å². The van der Waals surface area contributed by atoms with Gasteiger partial charge in [-0.2, -0.15) is 0 Å². The molecular formula is C13H19FN2O. The number of likely N-dealkylation sites (N-methyl/N-ethyl adjacent to an activating group) is 1. The first-order valence-corrected chi connectivity index (χ1v) is 5.85. The zero-order valence-electron chi connectivity index (χ0n) is 10.6. The fourth-order valence-electron chi connectivity index (χ4n) is 1.70. The summed E-state index contributed by atoms with van der Waals surface area (Å²) in [5, 5.41) is 2.94. The molecule has 0 saturated heterocycles. The van der Waals surface area contributed by atoms with Gasteiger partial charge in [-0.05, 0) is 44.5 Å². The Morgan fingerprint density at radius 1 is 1.29 bits per heavy atom. The van der Waals surface area contributed by atoms with Gasteiger partial charge in [-0.15, -0.1) is 0 Å². The van der Waals surface area contributed by atoms with Crippen LogP contribution in [0.15, 0.2) is 18.2 Å². The highest BCUT2D eigenvalue weighted by molar-refractivity contribution is 5.80. The highest BCUT2D eigenvalue weighted by Crippen LogP contribution is 2.12. The van der Waals surface area contributed by atoms with E-state index in [4.69, 9.17) is 0 Å². The van der Waals surface area contributed by atoms with Crippen LogP contribution in [-0.4, -0.2) is 30.4 Å². The lowest BCUT2D eigenvalue weighted by Crippen LogP contribution is -2.35. The molecule has 4 heteroatoms. The van der Waals surface area contributed by atoms with Crippen LogP contribution in [0.4, 0.5) is 10.1 Å². The first kappa shape index (κ1) is 13.5. The van der Waals surface area contributed by atoms with Crippen molar-refractivity contribution in [2.24, 2.45) is 0 Å². The van der Waals surface area contributed by atoms with E-state index < -0.39 is 0 Å². The van der Waals surface area contributed by atoms with Crippen molar-refractivity contribution in [2.75, 3.05) is 25.0 Å². The molecule has 3 nitrogen and oxygen atoms in total. The van der Waals surface area contributed by atoms with Crippen LogP contribution in [0.25, 0.3) is 0 Å². The van der Waals surface area contributed by atoms with Gasteiger partial charge >= 0.3 is 0 Å². The van der Waals surface area contributed by atoms with E-state index in [1.165, 1.54) is 12.1 Å². The largest absolute Gasteiger partial charge is 0.376 e. The standard InChI is InChI=1S/C13H19FN2O/c1-4-16(5-2)13(17)9-15-12-7-10(3)6-11(14)8-12/h6-8,15H,4-5,9H2,1-3H3. The highest BCUT2D eigenvalue weighted by Gasteiger charge is 2.08. The Balaban J connectivity index is 2.58. The third kappa shape index (κ3) is 4.06. The van der Waals surface area contributed by atoms with Crippen molar-refractivity contribution >= 4 is 11.6 Å². The summed E-state index contributed by atoms with van der Waals surface area (Å²) in [7, 11) is 0. The van der Waals surface area contributed by atoms with E-state index >= 15 is 0 Å². The third-order valence-electron chi connectivity index (χ3n) is 2.60. The molecule has 94 valence electrons. The van der Waals surface area contributed by atoms with Gasteiger partial charge in [0.25, 0.3) is 0 Å². The number of rotatable bonds is 5. The monoisotopic (exact) mass is 238 g/mol. The van der Waals surface area contributed by atoms with Crippen LogP contribution in [0.3, 0.4) is 0 Å². The van der Waals surface area contributed by atoms with E-state index in [0.29, 0.717) is 18.8 Å². The number of halogens is 1. The summed E-state index contributed by atoms with van der Waals surface area (Å²) in [6.45, 7) is 7.28. The molecule has 1 aromatic rings. The number of hydrogen-bond acceptors (Lipinski definition) is 2. The van der Waals surface area contributed by atoms with Crippen LogP contribution in [-0.2, 0) is 4.79 Å². The van der Waals surface area contributed by atoms with Gasteiger partial charge in [-0.1, -0.05) is 0 Å². The van der Waals surface area contributed by atoms with Crippen LogP contribution in [0.5, 0.6) is 0 Å². The smallest absolute Gasteiger partial charge is 0.241 e. The normalized spacial score (nSPS) is 10.1. The number of nitrogens with zero attached hydrogens (tertiary/aromatic N) is 1.